The summed E-state index contributed by atoms with van der Waals surface area (Å²) in [7, 11) is 1.41. The number of ether oxygens (including phenoxy) is 1. The lowest BCUT2D eigenvalue weighted by Crippen LogP contribution is -2.19. The van der Waals surface area contributed by atoms with E-state index in [2.05, 4.69) is 10.6 Å². The highest BCUT2D eigenvalue weighted by Crippen LogP contribution is 2.28. The van der Waals surface area contributed by atoms with Crippen molar-refractivity contribution in [3.63, 3.8) is 0 Å². The van der Waals surface area contributed by atoms with E-state index in [4.69, 9.17) is 9.84 Å². The molecule has 2 rings (SSSR count). The molecule has 0 spiro atoms. The molecule has 1 aromatic carbocycles. The summed E-state index contributed by atoms with van der Waals surface area (Å²) in [5.41, 5.74) is 0.930. The van der Waals surface area contributed by atoms with Gasteiger partial charge in [-0.3, -0.25) is 9.59 Å². The zero-order chi connectivity index (χ0) is 17.7. The third-order valence-electron chi connectivity index (χ3n) is 3.02. The van der Waals surface area contributed by atoms with Crippen LogP contribution in [0.15, 0.2) is 30.3 Å². The SMILES string of the molecule is COCC(=O)Nc1sc(C)cc1C(=O)Nc1ccc(C(=O)O)cc1. The van der Waals surface area contributed by atoms with Gasteiger partial charge in [0.1, 0.15) is 11.6 Å². The zero-order valence-electron chi connectivity index (χ0n) is 13.1. The average Bonchev–Trinajstić information content (AvgIpc) is 2.88. The molecule has 0 atom stereocenters. The molecule has 0 fully saturated rings. The second-order valence-electron chi connectivity index (χ2n) is 4.92. The molecule has 1 heterocycles. The van der Waals surface area contributed by atoms with Crippen LogP contribution in [0.4, 0.5) is 10.7 Å². The minimum absolute atomic E-state index is 0.103. The number of amides is 2. The summed E-state index contributed by atoms with van der Waals surface area (Å²) in [4.78, 5) is 35.7. The lowest BCUT2D eigenvalue weighted by atomic mass is 10.2. The Morgan fingerprint density at radius 3 is 2.42 bits per heavy atom. The normalized spacial score (nSPS) is 10.2. The smallest absolute Gasteiger partial charge is 0.335 e. The van der Waals surface area contributed by atoms with Crippen LogP contribution in [0, 0.1) is 6.92 Å². The van der Waals surface area contributed by atoms with Crippen LogP contribution < -0.4 is 10.6 Å². The number of anilines is 2. The van der Waals surface area contributed by atoms with Crippen molar-refractivity contribution in [2.24, 2.45) is 0 Å². The maximum atomic E-state index is 12.4. The predicted molar refractivity (Wildman–Crippen MR) is 90.9 cm³/mol. The first-order valence-electron chi connectivity index (χ1n) is 6.94. The number of carbonyl (C=O) groups is 3. The molecule has 0 unspecified atom stereocenters. The van der Waals surface area contributed by atoms with Crippen molar-refractivity contribution in [1.29, 1.82) is 0 Å². The predicted octanol–water partition coefficient (Wildman–Crippen LogP) is 2.59. The quantitative estimate of drug-likeness (QED) is 0.744. The van der Waals surface area contributed by atoms with Crippen molar-refractivity contribution < 1.29 is 24.2 Å². The van der Waals surface area contributed by atoms with E-state index in [1.165, 1.54) is 42.7 Å². The van der Waals surface area contributed by atoms with Crippen molar-refractivity contribution in [3.05, 3.63) is 46.3 Å². The van der Waals surface area contributed by atoms with Crippen molar-refractivity contribution >= 4 is 39.8 Å². The standard InChI is InChI=1S/C16H16N2O5S/c1-9-7-12(15(24-9)18-13(19)8-23-2)14(20)17-11-5-3-10(4-6-11)16(21)22/h3-7H,8H2,1-2H3,(H,17,20)(H,18,19)(H,21,22). The maximum absolute atomic E-state index is 12.4. The van der Waals surface area contributed by atoms with E-state index in [1.54, 1.807) is 6.07 Å². The highest BCUT2D eigenvalue weighted by atomic mass is 32.1. The van der Waals surface area contributed by atoms with Crippen LogP contribution in [0.1, 0.15) is 25.6 Å². The molecule has 2 aromatic rings. The first-order chi connectivity index (χ1) is 11.4. The summed E-state index contributed by atoms with van der Waals surface area (Å²) < 4.78 is 4.75. The molecular formula is C16H16N2O5S. The lowest BCUT2D eigenvalue weighted by molar-refractivity contribution is -0.119. The Labute approximate surface area is 142 Å². The van der Waals surface area contributed by atoms with Crippen LogP contribution >= 0.6 is 11.3 Å². The first-order valence-corrected chi connectivity index (χ1v) is 7.76. The number of nitrogens with one attached hydrogen (secondary N) is 2. The summed E-state index contributed by atoms with van der Waals surface area (Å²) >= 11 is 1.29. The molecule has 0 aliphatic rings. The van der Waals surface area contributed by atoms with E-state index in [0.717, 1.165) is 4.88 Å². The Bertz CT molecular complexity index is 767. The summed E-state index contributed by atoms with van der Waals surface area (Å²) in [5, 5.41) is 14.6. The van der Waals surface area contributed by atoms with Crippen LogP contribution in [-0.2, 0) is 9.53 Å². The van der Waals surface area contributed by atoms with E-state index < -0.39 is 11.9 Å². The first kappa shape index (κ1) is 17.6. The van der Waals surface area contributed by atoms with Gasteiger partial charge in [0.2, 0.25) is 0 Å². The molecule has 126 valence electrons. The molecule has 0 radical (unpaired) electrons. The molecule has 24 heavy (non-hydrogen) atoms. The number of carboxylic acid groups (broad SMARTS) is 1. The van der Waals surface area contributed by atoms with Crippen LogP contribution in [0.2, 0.25) is 0 Å². The summed E-state index contributed by atoms with van der Waals surface area (Å²) in [5.74, 6) is -1.78. The number of rotatable bonds is 6. The molecule has 1 aromatic heterocycles. The molecule has 7 nitrogen and oxygen atoms in total. The molecule has 3 N–H and O–H groups in total. The Morgan fingerprint density at radius 2 is 1.83 bits per heavy atom. The monoisotopic (exact) mass is 348 g/mol. The fourth-order valence-corrected chi connectivity index (χ4v) is 2.89. The minimum Gasteiger partial charge on any atom is -0.478 e. The molecule has 0 saturated carbocycles. The van der Waals surface area contributed by atoms with Gasteiger partial charge in [-0.2, -0.15) is 0 Å². The van der Waals surface area contributed by atoms with E-state index in [1.807, 2.05) is 6.92 Å². The van der Waals surface area contributed by atoms with Gasteiger partial charge in [0.05, 0.1) is 11.1 Å². The number of aromatic carboxylic acids is 1. The van der Waals surface area contributed by atoms with Gasteiger partial charge >= 0.3 is 5.97 Å². The highest BCUT2D eigenvalue weighted by molar-refractivity contribution is 7.16. The van der Waals surface area contributed by atoms with Crippen LogP contribution in [0.3, 0.4) is 0 Å². The van der Waals surface area contributed by atoms with Crippen LogP contribution in [-0.4, -0.2) is 36.6 Å². The number of carbonyl (C=O) groups excluding carboxylic acids is 2. The number of thiophene rings is 1. The van der Waals surface area contributed by atoms with Gasteiger partial charge in [0.25, 0.3) is 11.8 Å². The summed E-state index contributed by atoms with van der Waals surface area (Å²) in [6.07, 6.45) is 0. The summed E-state index contributed by atoms with van der Waals surface area (Å²) in [6.45, 7) is 1.73. The van der Waals surface area contributed by atoms with Gasteiger partial charge in [0, 0.05) is 17.7 Å². The van der Waals surface area contributed by atoms with Crippen LogP contribution in [0.5, 0.6) is 0 Å². The molecule has 0 saturated heterocycles. The number of benzene rings is 1. The summed E-state index contributed by atoms with van der Waals surface area (Å²) in [6, 6.07) is 7.48. The Hall–Kier alpha value is -2.71. The fourth-order valence-electron chi connectivity index (χ4n) is 1.96. The largest absolute Gasteiger partial charge is 0.478 e. The topological polar surface area (TPSA) is 105 Å². The van der Waals surface area contributed by atoms with E-state index in [9.17, 15) is 14.4 Å². The van der Waals surface area contributed by atoms with Gasteiger partial charge in [-0.1, -0.05) is 0 Å². The van der Waals surface area contributed by atoms with Gasteiger partial charge in [-0.25, -0.2) is 4.79 Å². The second kappa shape index (κ2) is 7.71. The number of hydrogen-bond donors (Lipinski definition) is 3. The van der Waals surface area contributed by atoms with Crippen molar-refractivity contribution in [2.45, 2.75) is 6.92 Å². The molecule has 0 bridgehead atoms. The Morgan fingerprint density at radius 1 is 1.17 bits per heavy atom. The number of carboxylic acids is 1. The Balaban J connectivity index is 2.14. The highest BCUT2D eigenvalue weighted by Gasteiger charge is 2.17. The molecule has 8 heteroatoms. The fraction of sp³-hybridized carbons (Fsp3) is 0.188. The van der Waals surface area contributed by atoms with Crippen molar-refractivity contribution in [1.82, 2.24) is 0 Å². The Kier molecular flexibility index (Phi) is 5.67. The third kappa shape index (κ3) is 4.40. The zero-order valence-corrected chi connectivity index (χ0v) is 13.9. The molecule has 2 amide bonds. The van der Waals surface area contributed by atoms with Crippen LogP contribution in [0.25, 0.3) is 0 Å². The molecule has 0 aliphatic carbocycles. The van der Waals surface area contributed by atoms with Gasteiger partial charge < -0.3 is 20.5 Å². The average molecular weight is 348 g/mol. The lowest BCUT2D eigenvalue weighted by Gasteiger charge is -2.07. The van der Waals surface area contributed by atoms with E-state index in [0.29, 0.717) is 16.3 Å². The number of hydrogen-bond acceptors (Lipinski definition) is 5. The van der Waals surface area contributed by atoms with E-state index in [-0.39, 0.29) is 18.1 Å². The van der Waals surface area contributed by atoms with Gasteiger partial charge in [-0.05, 0) is 37.3 Å². The van der Waals surface area contributed by atoms with E-state index >= 15 is 0 Å². The third-order valence-corrected chi connectivity index (χ3v) is 3.98. The van der Waals surface area contributed by atoms with Gasteiger partial charge in [0.15, 0.2) is 0 Å². The molecule has 0 aliphatic heterocycles. The second-order valence-corrected chi connectivity index (χ2v) is 6.17. The number of aryl methyl sites for hydroxylation is 1. The van der Waals surface area contributed by atoms with Crippen molar-refractivity contribution in [3.8, 4) is 0 Å². The maximum Gasteiger partial charge on any atom is 0.335 e. The molecular weight excluding hydrogens is 332 g/mol. The van der Waals surface area contributed by atoms with Crippen molar-refractivity contribution in [2.75, 3.05) is 24.4 Å². The van der Waals surface area contributed by atoms with Gasteiger partial charge in [-0.15, -0.1) is 11.3 Å². The number of methoxy groups -OCH3 is 1. The minimum atomic E-state index is -1.04.